The summed E-state index contributed by atoms with van der Waals surface area (Å²) in [5, 5.41) is 0. The van der Waals surface area contributed by atoms with Gasteiger partial charge in [-0.15, -0.1) is 24.8 Å². The van der Waals surface area contributed by atoms with E-state index in [4.69, 9.17) is 9.47 Å². The van der Waals surface area contributed by atoms with Gasteiger partial charge in [-0.2, -0.15) is 39.5 Å². The molecule has 0 spiro atoms. The van der Waals surface area contributed by atoms with Crippen molar-refractivity contribution in [3.8, 4) is 5.75 Å². The van der Waals surface area contributed by atoms with Crippen molar-refractivity contribution < 1.29 is 53.8 Å². The molecule has 0 radical (unpaired) electrons. The van der Waals surface area contributed by atoms with E-state index in [2.05, 4.69) is 4.90 Å². The number of ether oxygens (including phenoxy) is 2. The fourth-order valence-electron chi connectivity index (χ4n) is 5.93. The van der Waals surface area contributed by atoms with E-state index >= 15 is 0 Å². The molecule has 2 fully saturated rings. The average molecular weight is 729 g/mol. The number of alkyl halides is 9. The van der Waals surface area contributed by atoms with Gasteiger partial charge in [0.1, 0.15) is 5.75 Å². The first kappa shape index (κ1) is 40.7. The summed E-state index contributed by atoms with van der Waals surface area (Å²) in [7, 11) is 1.08. The molecule has 0 bridgehead atoms. The number of morpholine rings is 1. The summed E-state index contributed by atoms with van der Waals surface area (Å²) in [6.45, 7) is 6.98. The van der Waals surface area contributed by atoms with E-state index in [0.29, 0.717) is 50.4 Å². The smallest absolute Gasteiger partial charge is 0.419 e. The van der Waals surface area contributed by atoms with E-state index in [1.54, 1.807) is 0 Å². The molecule has 2 unspecified atom stereocenters. The van der Waals surface area contributed by atoms with Crippen molar-refractivity contribution in [1.82, 2.24) is 14.7 Å². The Hall–Kier alpha value is -2.46. The minimum atomic E-state index is -5.14. The zero-order chi connectivity index (χ0) is 33.3. The van der Waals surface area contributed by atoms with Crippen LogP contribution >= 0.6 is 24.8 Å². The molecular formula is C30H36Cl2F9N3O3. The lowest BCUT2D eigenvalue weighted by atomic mass is 9.98. The summed E-state index contributed by atoms with van der Waals surface area (Å²) >= 11 is 0. The molecule has 1 amide bonds. The first-order valence-corrected chi connectivity index (χ1v) is 14.3. The van der Waals surface area contributed by atoms with E-state index in [-0.39, 0.29) is 62.6 Å². The Morgan fingerprint density at radius 1 is 0.787 bits per heavy atom. The molecule has 4 rings (SSSR count). The Labute approximate surface area is 279 Å². The van der Waals surface area contributed by atoms with E-state index in [1.807, 2.05) is 18.7 Å². The van der Waals surface area contributed by atoms with E-state index in [9.17, 15) is 44.3 Å². The molecule has 2 aliphatic rings. The topological polar surface area (TPSA) is 45.2 Å². The van der Waals surface area contributed by atoms with Gasteiger partial charge < -0.3 is 14.4 Å². The lowest BCUT2D eigenvalue weighted by Crippen LogP contribution is -2.57. The Bertz CT molecular complexity index is 1320. The van der Waals surface area contributed by atoms with Crippen LogP contribution in [0.1, 0.15) is 46.5 Å². The van der Waals surface area contributed by atoms with Crippen LogP contribution in [0.3, 0.4) is 0 Å². The second-order valence-electron chi connectivity index (χ2n) is 11.5. The van der Waals surface area contributed by atoms with Gasteiger partial charge in [0, 0.05) is 57.4 Å². The maximum absolute atomic E-state index is 13.6. The van der Waals surface area contributed by atoms with Crippen molar-refractivity contribution in [3.05, 3.63) is 64.2 Å². The number of carbonyl (C=O) groups excluding carboxylic acids is 1. The molecule has 0 aliphatic carbocycles. The molecular weight excluding hydrogens is 692 g/mol. The molecule has 17 heteroatoms. The third kappa shape index (κ3) is 10.5. The number of methoxy groups -OCH3 is 1. The highest BCUT2D eigenvalue weighted by molar-refractivity contribution is 5.95. The van der Waals surface area contributed by atoms with Crippen molar-refractivity contribution in [3.63, 3.8) is 0 Å². The van der Waals surface area contributed by atoms with Crippen LogP contribution in [-0.2, 0) is 29.7 Å². The second-order valence-corrected chi connectivity index (χ2v) is 11.5. The van der Waals surface area contributed by atoms with Crippen LogP contribution in [-0.4, -0.2) is 91.8 Å². The number of hydrogen-bond donors (Lipinski definition) is 0. The fourth-order valence-corrected chi connectivity index (χ4v) is 5.93. The Morgan fingerprint density at radius 2 is 1.34 bits per heavy atom. The summed E-state index contributed by atoms with van der Waals surface area (Å²) in [6, 6.07) is 3.19. The molecule has 0 saturated carbocycles. The largest absolute Gasteiger partial charge is 0.496 e. The summed E-state index contributed by atoms with van der Waals surface area (Å²) in [5.74, 6) is -1.49. The van der Waals surface area contributed by atoms with Gasteiger partial charge in [-0.25, -0.2) is 0 Å². The van der Waals surface area contributed by atoms with E-state index in [1.165, 1.54) is 17.0 Å². The van der Waals surface area contributed by atoms with Gasteiger partial charge in [0.2, 0.25) is 0 Å². The predicted molar refractivity (Wildman–Crippen MR) is 160 cm³/mol. The lowest BCUT2D eigenvalue weighted by Gasteiger charge is -2.43. The predicted octanol–water partition coefficient (Wildman–Crippen LogP) is 7.07. The number of amides is 1. The highest BCUT2D eigenvalue weighted by Gasteiger charge is 2.40. The zero-order valence-electron chi connectivity index (χ0n) is 25.6. The molecule has 2 aromatic carbocycles. The zero-order valence-corrected chi connectivity index (χ0v) is 27.3. The van der Waals surface area contributed by atoms with Crippen molar-refractivity contribution in [1.29, 1.82) is 0 Å². The van der Waals surface area contributed by atoms with Crippen LogP contribution in [0.25, 0.3) is 0 Å². The summed E-state index contributed by atoms with van der Waals surface area (Å²) in [5.41, 5.74) is -4.67. The van der Waals surface area contributed by atoms with Gasteiger partial charge in [-0.05, 0) is 56.2 Å². The standard InChI is InChI=1S/C30H34F9N3O3.2ClH/c1-18-15-41(16-19(2)45-18)7-6-40-8-9-42(24(17-40)10-20-4-5-25(30(37,38)39)26(11-20)44-3)27(43)21-12-22(28(31,32)33)14-23(13-21)29(34,35)36;;/h4-5,11-14,18-19,24H,6-10,15-17H2,1-3H3;2*1H/t18?,19?,24-;;/m1../s1. The van der Waals surface area contributed by atoms with Crippen LogP contribution in [0.5, 0.6) is 5.75 Å². The normalized spacial score (nSPS) is 21.5. The first-order valence-electron chi connectivity index (χ1n) is 14.3. The van der Waals surface area contributed by atoms with Gasteiger partial charge in [0.15, 0.2) is 0 Å². The van der Waals surface area contributed by atoms with Crippen LogP contribution < -0.4 is 4.74 Å². The molecule has 2 saturated heterocycles. The molecule has 2 aliphatic heterocycles. The minimum absolute atomic E-state index is 0. The summed E-state index contributed by atoms with van der Waals surface area (Å²) < 4.78 is 132. The number of rotatable bonds is 7. The molecule has 0 aromatic heterocycles. The molecule has 0 N–H and O–H groups in total. The average Bonchev–Trinajstić information content (AvgIpc) is 2.93. The van der Waals surface area contributed by atoms with E-state index in [0.717, 1.165) is 13.2 Å². The number of benzene rings is 2. The fraction of sp³-hybridized carbons (Fsp3) is 0.567. The Kier molecular flexibility index (Phi) is 13.7. The number of halogens is 11. The van der Waals surface area contributed by atoms with Crippen LogP contribution in [0.2, 0.25) is 0 Å². The molecule has 47 heavy (non-hydrogen) atoms. The van der Waals surface area contributed by atoms with Crippen molar-refractivity contribution in [2.75, 3.05) is 52.9 Å². The van der Waals surface area contributed by atoms with Crippen molar-refractivity contribution >= 4 is 30.7 Å². The van der Waals surface area contributed by atoms with Crippen LogP contribution in [0.4, 0.5) is 39.5 Å². The molecule has 6 nitrogen and oxygen atoms in total. The van der Waals surface area contributed by atoms with E-state index < -0.39 is 58.5 Å². The van der Waals surface area contributed by atoms with Gasteiger partial charge in [-0.3, -0.25) is 14.6 Å². The Morgan fingerprint density at radius 3 is 1.85 bits per heavy atom. The Balaban J connectivity index is 0.00000384. The molecule has 266 valence electrons. The minimum Gasteiger partial charge on any atom is -0.496 e. The maximum atomic E-state index is 13.6. The number of nitrogens with zero attached hydrogens (tertiary/aromatic N) is 3. The number of carbonyl (C=O) groups is 1. The quantitative estimate of drug-likeness (QED) is 0.286. The van der Waals surface area contributed by atoms with Crippen LogP contribution in [0, 0.1) is 0 Å². The van der Waals surface area contributed by atoms with Gasteiger partial charge in [0.05, 0.1) is 36.0 Å². The second kappa shape index (κ2) is 15.8. The van der Waals surface area contributed by atoms with Gasteiger partial charge in [0.25, 0.3) is 5.91 Å². The van der Waals surface area contributed by atoms with Crippen molar-refractivity contribution in [2.45, 2.75) is 57.0 Å². The maximum Gasteiger partial charge on any atom is 0.419 e. The third-order valence-electron chi connectivity index (χ3n) is 7.93. The number of hydrogen-bond acceptors (Lipinski definition) is 5. The highest BCUT2D eigenvalue weighted by atomic mass is 35.5. The van der Waals surface area contributed by atoms with Crippen LogP contribution in [0.15, 0.2) is 36.4 Å². The number of piperazine rings is 1. The van der Waals surface area contributed by atoms with Gasteiger partial charge in [-0.1, -0.05) is 6.07 Å². The van der Waals surface area contributed by atoms with Crippen molar-refractivity contribution in [2.24, 2.45) is 0 Å². The van der Waals surface area contributed by atoms with Gasteiger partial charge >= 0.3 is 18.5 Å². The first-order chi connectivity index (χ1) is 20.8. The lowest BCUT2D eigenvalue weighted by molar-refractivity contribution is -0.143. The highest BCUT2D eigenvalue weighted by Crippen LogP contribution is 2.38. The monoisotopic (exact) mass is 727 g/mol. The summed E-state index contributed by atoms with van der Waals surface area (Å²) in [6.07, 6.45) is -14.9. The molecule has 2 aromatic rings. The molecule has 3 atom stereocenters. The molecule has 2 heterocycles. The summed E-state index contributed by atoms with van der Waals surface area (Å²) in [4.78, 5) is 19.1. The third-order valence-corrected chi connectivity index (χ3v) is 7.93. The SMILES string of the molecule is COc1cc(C[C@@H]2CN(CCN3CC(C)OC(C)C3)CCN2C(=O)c2cc(C(F)(F)F)cc(C(F)(F)F)c2)ccc1C(F)(F)F.Cl.Cl.